The molecule has 0 fully saturated rings. The highest BCUT2D eigenvalue weighted by atomic mass is 32.1. The summed E-state index contributed by atoms with van der Waals surface area (Å²) in [6.07, 6.45) is -1.99. The van der Waals surface area contributed by atoms with E-state index in [1.165, 1.54) is 7.11 Å². The minimum absolute atomic E-state index is 0.136. The molecular weight excluding hydrogens is 184 g/mol. The molecule has 12 heavy (non-hydrogen) atoms. The zero-order chi connectivity index (χ0) is 9.78. The molecule has 0 rings (SSSR count). The second-order valence-corrected chi connectivity index (χ2v) is 2.95. The summed E-state index contributed by atoms with van der Waals surface area (Å²) in [5.41, 5.74) is 3.62. The molecule has 0 aliphatic heterocycles. The SMILES string of the molecule is CCCC(N)(C(=S)OC)C(F)F. The zero-order valence-corrected chi connectivity index (χ0v) is 7.96. The molecule has 0 bridgehead atoms. The van der Waals surface area contributed by atoms with Crippen LogP contribution in [0, 0.1) is 0 Å². The standard InChI is InChI=1S/C7H13F2NOS/c1-3-4-7(10,5(8)9)6(12)11-2/h5H,3-4,10H2,1-2H3. The summed E-state index contributed by atoms with van der Waals surface area (Å²) in [6.45, 7) is 1.77. The number of ether oxygens (including phenoxy) is 1. The van der Waals surface area contributed by atoms with Gasteiger partial charge in [0.2, 0.25) is 0 Å². The molecule has 2 nitrogen and oxygen atoms in total. The summed E-state index contributed by atoms with van der Waals surface area (Å²) in [4.78, 5) is 0. The average molecular weight is 197 g/mol. The first-order valence-electron chi connectivity index (χ1n) is 3.64. The van der Waals surface area contributed by atoms with Crippen LogP contribution in [0.3, 0.4) is 0 Å². The molecule has 0 aromatic rings. The van der Waals surface area contributed by atoms with E-state index in [1.807, 2.05) is 0 Å². The van der Waals surface area contributed by atoms with Crippen molar-refractivity contribution >= 4 is 17.3 Å². The fraction of sp³-hybridized carbons (Fsp3) is 0.857. The molecule has 0 aromatic heterocycles. The molecule has 0 heterocycles. The molecule has 0 aliphatic carbocycles. The zero-order valence-electron chi connectivity index (χ0n) is 7.14. The Morgan fingerprint density at radius 2 is 2.17 bits per heavy atom. The maximum atomic E-state index is 12.4. The smallest absolute Gasteiger partial charge is 0.264 e. The summed E-state index contributed by atoms with van der Waals surface area (Å²) in [6, 6.07) is 0. The fourth-order valence-corrected chi connectivity index (χ4v) is 1.10. The maximum absolute atomic E-state index is 12.4. The lowest BCUT2D eigenvalue weighted by atomic mass is 9.96. The number of nitrogens with two attached hydrogens (primary N) is 1. The average Bonchev–Trinajstić information content (AvgIpc) is 2.03. The van der Waals surface area contributed by atoms with Crippen molar-refractivity contribution in [2.24, 2.45) is 5.73 Å². The van der Waals surface area contributed by atoms with Crippen LogP contribution in [0.1, 0.15) is 19.8 Å². The summed E-state index contributed by atoms with van der Waals surface area (Å²) in [5.74, 6) is 0. The quantitative estimate of drug-likeness (QED) is 0.697. The van der Waals surface area contributed by atoms with Crippen molar-refractivity contribution in [3.05, 3.63) is 0 Å². The molecule has 0 saturated heterocycles. The molecule has 1 atom stereocenters. The van der Waals surface area contributed by atoms with Gasteiger partial charge in [-0.15, -0.1) is 0 Å². The van der Waals surface area contributed by atoms with E-state index in [2.05, 4.69) is 17.0 Å². The number of hydrogen-bond donors (Lipinski definition) is 1. The molecule has 0 radical (unpaired) electrons. The van der Waals surface area contributed by atoms with Crippen LogP contribution in [0.2, 0.25) is 0 Å². The van der Waals surface area contributed by atoms with E-state index in [4.69, 9.17) is 5.73 Å². The number of alkyl halides is 2. The van der Waals surface area contributed by atoms with Gasteiger partial charge in [0.15, 0.2) is 5.05 Å². The van der Waals surface area contributed by atoms with Gasteiger partial charge in [0.05, 0.1) is 7.11 Å². The van der Waals surface area contributed by atoms with Gasteiger partial charge in [0.1, 0.15) is 5.54 Å². The lowest BCUT2D eigenvalue weighted by Crippen LogP contribution is -2.53. The summed E-state index contributed by atoms with van der Waals surface area (Å²) >= 11 is 4.60. The van der Waals surface area contributed by atoms with E-state index >= 15 is 0 Å². The Kier molecular flexibility index (Phi) is 4.55. The minimum Gasteiger partial charge on any atom is -0.488 e. The third kappa shape index (κ3) is 2.35. The number of thiocarbonyl (C=S) groups is 1. The van der Waals surface area contributed by atoms with Gasteiger partial charge in [-0.25, -0.2) is 8.78 Å². The van der Waals surface area contributed by atoms with E-state index in [1.54, 1.807) is 6.92 Å². The fourth-order valence-electron chi connectivity index (χ4n) is 0.904. The van der Waals surface area contributed by atoms with Crippen LogP contribution in [0.25, 0.3) is 0 Å². The summed E-state index contributed by atoms with van der Waals surface area (Å²) in [7, 11) is 1.25. The Morgan fingerprint density at radius 3 is 2.42 bits per heavy atom. The lowest BCUT2D eigenvalue weighted by Gasteiger charge is -2.27. The molecule has 0 spiro atoms. The van der Waals surface area contributed by atoms with Crippen molar-refractivity contribution in [3.8, 4) is 0 Å². The van der Waals surface area contributed by atoms with Crippen molar-refractivity contribution in [1.82, 2.24) is 0 Å². The molecule has 0 saturated carbocycles. The summed E-state index contributed by atoms with van der Waals surface area (Å²) < 4.78 is 29.4. The van der Waals surface area contributed by atoms with E-state index in [0.29, 0.717) is 6.42 Å². The first-order chi connectivity index (χ1) is 5.49. The predicted molar refractivity (Wildman–Crippen MR) is 47.4 cm³/mol. The molecule has 0 aliphatic rings. The minimum atomic E-state index is -2.68. The van der Waals surface area contributed by atoms with Gasteiger partial charge in [0, 0.05) is 0 Å². The predicted octanol–water partition coefficient (Wildman–Crippen LogP) is 1.72. The van der Waals surface area contributed by atoms with Gasteiger partial charge in [-0.1, -0.05) is 13.3 Å². The Labute approximate surface area is 76.1 Å². The van der Waals surface area contributed by atoms with Crippen LogP contribution in [0.15, 0.2) is 0 Å². The Hall–Kier alpha value is -0.290. The number of rotatable bonds is 4. The molecular formula is C7H13F2NOS. The van der Waals surface area contributed by atoms with Crippen LogP contribution in [0.5, 0.6) is 0 Å². The highest BCUT2D eigenvalue weighted by Gasteiger charge is 2.40. The topological polar surface area (TPSA) is 35.2 Å². The van der Waals surface area contributed by atoms with Crippen molar-refractivity contribution in [3.63, 3.8) is 0 Å². The Morgan fingerprint density at radius 1 is 1.67 bits per heavy atom. The lowest BCUT2D eigenvalue weighted by molar-refractivity contribution is 0.0746. The largest absolute Gasteiger partial charge is 0.488 e. The summed E-state index contributed by atoms with van der Waals surface area (Å²) in [5, 5.41) is -0.223. The van der Waals surface area contributed by atoms with Crippen molar-refractivity contribution in [1.29, 1.82) is 0 Å². The van der Waals surface area contributed by atoms with E-state index in [9.17, 15) is 8.78 Å². The Balaban J connectivity index is 4.49. The van der Waals surface area contributed by atoms with Gasteiger partial charge in [-0.3, -0.25) is 0 Å². The molecule has 1 unspecified atom stereocenters. The third-order valence-corrected chi connectivity index (χ3v) is 2.17. The van der Waals surface area contributed by atoms with E-state index < -0.39 is 12.0 Å². The van der Waals surface area contributed by atoms with Crippen LogP contribution < -0.4 is 5.73 Å². The number of methoxy groups -OCH3 is 1. The molecule has 0 aromatic carbocycles. The molecule has 72 valence electrons. The van der Waals surface area contributed by atoms with Gasteiger partial charge in [-0.05, 0) is 18.6 Å². The molecule has 0 amide bonds. The van der Waals surface area contributed by atoms with Gasteiger partial charge in [-0.2, -0.15) is 0 Å². The van der Waals surface area contributed by atoms with Crippen LogP contribution in [0.4, 0.5) is 8.78 Å². The van der Waals surface area contributed by atoms with E-state index in [-0.39, 0.29) is 11.5 Å². The molecule has 5 heteroatoms. The van der Waals surface area contributed by atoms with Crippen LogP contribution in [-0.2, 0) is 4.74 Å². The highest BCUT2D eigenvalue weighted by Crippen LogP contribution is 2.21. The second-order valence-electron chi connectivity index (χ2n) is 2.58. The van der Waals surface area contributed by atoms with Crippen molar-refractivity contribution in [2.75, 3.05) is 7.11 Å². The van der Waals surface area contributed by atoms with Crippen molar-refractivity contribution in [2.45, 2.75) is 31.7 Å². The van der Waals surface area contributed by atoms with Gasteiger partial charge in [0.25, 0.3) is 6.43 Å². The normalized spacial score (nSPS) is 15.8. The third-order valence-electron chi connectivity index (χ3n) is 1.62. The van der Waals surface area contributed by atoms with E-state index in [0.717, 1.165) is 0 Å². The second kappa shape index (κ2) is 4.67. The monoisotopic (exact) mass is 197 g/mol. The van der Waals surface area contributed by atoms with Gasteiger partial charge < -0.3 is 10.5 Å². The number of hydrogen-bond acceptors (Lipinski definition) is 3. The maximum Gasteiger partial charge on any atom is 0.264 e. The first-order valence-corrected chi connectivity index (χ1v) is 4.05. The highest BCUT2D eigenvalue weighted by molar-refractivity contribution is 7.80. The number of halogens is 2. The Bertz CT molecular complexity index is 165. The van der Waals surface area contributed by atoms with Gasteiger partial charge >= 0.3 is 0 Å². The van der Waals surface area contributed by atoms with Crippen LogP contribution >= 0.6 is 12.2 Å². The molecule has 2 N–H and O–H groups in total. The van der Waals surface area contributed by atoms with Crippen molar-refractivity contribution < 1.29 is 13.5 Å². The first kappa shape index (κ1) is 11.7. The van der Waals surface area contributed by atoms with Crippen LogP contribution in [-0.4, -0.2) is 24.1 Å².